The number of nitrogens with zero attached hydrogens (tertiary/aromatic N) is 3. The number of guanidine groups is 1. The van der Waals surface area contributed by atoms with Crippen LogP contribution in [0, 0.1) is 0 Å². The number of aliphatic imine (C=N–C) groups is 1. The summed E-state index contributed by atoms with van der Waals surface area (Å²) in [5.74, 6) is -4.48. The molecule has 24 heteroatoms. The van der Waals surface area contributed by atoms with Gasteiger partial charge in [-0.25, -0.2) is 0 Å². The number of amides is 3. The third-order valence-electron chi connectivity index (χ3n) is 11.6. The van der Waals surface area contributed by atoms with E-state index in [4.69, 9.17) is 27.0 Å². The van der Waals surface area contributed by atoms with Crippen LogP contribution in [0.2, 0.25) is 0 Å². The number of aromatic hydroxyl groups is 1. The lowest BCUT2D eigenvalue weighted by Crippen LogP contribution is -2.48. The van der Waals surface area contributed by atoms with Crippen LogP contribution in [0.15, 0.2) is 83.9 Å². The molecule has 4 atom stereocenters. The molecule has 0 fully saturated rings. The monoisotopic (exact) mass is 1050 g/mol. The zero-order chi connectivity index (χ0) is 54.8. The molecule has 0 saturated heterocycles. The SMILES string of the molecule is NC(N)=NCCC[C@@H](NC(=O)C(c1ccccc1)c1cccc(OCCCCNC(=O)[C@H](N)CCCCNC(C=O)NCCN(CCN(CCNCC(=O)O)CC(=O)O)CC(=O)O)c1)C(=O)NCc1ccc(O)cc1. The minimum atomic E-state index is -1.07. The average molecular weight is 1050 g/mol. The number of benzene rings is 3. The van der Waals surface area contributed by atoms with Crippen LogP contribution in [0.5, 0.6) is 11.5 Å². The van der Waals surface area contributed by atoms with E-state index in [0.717, 1.165) is 5.56 Å². The van der Waals surface area contributed by atoms with Crippen molar-refractivity contribution in [1.29, 1.82) is 0 Å². The predicted octanol–water partition coefficient (Wildman–Crippen LogP) is -0.697. The van der Waals surface area contributed by atoms with Gasteiger partial charge in [0.1, 0.15) is 23.7 Å². The van der Waals surface area contributed by atoms with Crippen molar-refractivity contribution in [3.8, 4) is 11.5 Å². The Morgan fingerprint density at radius 2 is 1.32 bits per heavy atom. The minimum Gasteiger partial charge on any atom is -0.508 e. The van der Waals surface area contributed by atoms with Gasteiger partial charge in [0.2, 0.25) is 17.7 Å². The number of unbranched alkanes of at least 4 members (excludes halogenated alkanes) is 2. The Bertz CT molecular complexity index is 2240. The van der Waals surface area contributed by atoms with Gasteiger partial charge in [-0.05, 0) is 86.0 Å². The molecule has 412 valence electrons. The van der Waals surface area contributed by atoms with Gasteiger partial charge in [0, 0.05) is 58.9 Å². The number of carbonyl (C=O) groups excluding carboxylic acids is 4. The molecule has 3 aromatic carbocycles. The van der Waals surface area contributed by atoms with Gasteiger partial charge in [-0.2, -0.15) is 0 Å². The van der Waals surface area contributed by atoms with Gasteiger partial charge < -0.3 is 68.4 Å². The number of hydrogen-bond acceptors (Lipinski definition) is 16. The van der Waals surface area contributed by atoms with E-state index < -0.39 is 53.9 Å². The summed E-state index contributed by atoms with van der Waals surface area (Å²) < 4.78 is 6.08. The fourth-order valence-electron chi connectivity index (χ4n) is 7.70. The van der Waals surface area contributed by atoms with Crippen LogP contribution < -0.4 is 53.8 Å². The minimum absolute atomic E-state index is 0.0745. The van der Waals surface area contributed by atoms with Crippen LogP contribution >= 0.6 is 0 Å². The topological polar surface area (TPSA) is 379 Å². The lowest BCUT2D eigenvalue weighted by atomic mass is 9.90. The molecule has 3 amide bonds. The molecular weight excluding hydrogens is 973 g/mol. The summed E-state index contributed by atoms with van der Waals surface area (Å²) in [5, 5.41) is 54.6. The van der Waals surface area contributed by atoms with Gasteiger partial charge in [-0.3, -0.25) is 54.2 Å². The van der Waals surface area contributed by atoms with Gasteiger partial charge in [0.15, 0.2) is 12.2 Å². The van der Waals surface area contributed by atoms with E-state index in [1.807, 2.05) is 36.4 Å². The number of rotatable bonds is 41. The van der Waals surface area contributed by atoms with E-state index in [9.17, 15) is 48.9 Å². The molecule has 0 aliphatic heterocycles. The summed E-state index contributed by atoms with van der Waals surface area (Å²) in [6.45, 7) is 2.17. The first kappa shape index (κ1) is 62.1. The number of carboxylic acid groups (broad SMARTS) is 3. The Kier molecular flexibility index (Phi) is 29.7. The van der Waals surface area contributed by atoms with Crippen molar-refractivity contribution in [3.63, 3.8) is 0 Å². The maximum atomic E-state index is 14.2. The highest BCUT2D eigenvalue weighted by atomic mass is 16.5. The Labute approximate surface area is 437 Å². The first-order valence-electron chi connectivity index (χ1n) is 25.0. The van der Waals surface area contributed by atoms with E-state index in [0.29, 0.717) is 81.4 Å². The molecule has 3 rings (SSSR count). The summed E-state index contributed by atoms with van der Waals surface area (Å²) in [6, 6.07) is 21.2. The summed E-state index contributed by atoms with van der Waals surface area (Å²) in [4.78, 5) is 93.0. The van der Waals surface area contributed by atoms with Gasteiger partial charge in [0.05, 0.1) is 38.2 Å². The quantitative estimate of drug-likeness (QED) is 0.0110. The molecule has 75 heavy (non-hydrogen) atoms. The van der Waals surface area contributed by atoms with Gasteiger partial charge in [-0.1, -0.05) is 61.0 Å². The van der Waals surface area contributed by atoms with Crippen LogP contribution in [-0.4, -0.2) is 181 Å². The molecule has 0 aliphatic rings. The number of ether oxygens (including phenoxy) is 1. The Morgan fingerprint density at radius 3 is 1.97 bits per heavy atom. The van der Waals surface area contributed by atoms with Crippen molar-refractivity contribution in [2.45, 2.75) is 75.7 Å². The second-order valence-corrected chi connectivity index (χ2v) is 17.7. The highest BCUT2D eigenvalue weighted by Gasteiger charge is 2.28. The Hall–Kier alpha value is -7.22. The highest BCUT2D eigenvalue weighted by Crippen LogP contribution is 2.28. The molecule has 0 bridgehead atoms. The molecular formula is C51H76N12O12. The number of aldehydes is 1. The standard InChI is InChI=1S/C51H76N12O12/c52-41(14-4-5-20-56-43(35-64)57-24-26-63(34-46(70)71)28-27-62(33-45(68)69)25-23-55-32-44(66)67)48(72)58-21-6-7-29-75-40-13-8-12-38(30-40)47(37-10-2-1-3-11-37)50(74)61-42(15-9-22-59-51(53)54)49(73)60-31-36-16-18-39(65)19-17-36/h1-3,8,10-13,16-19,30,35,41-43,47,55-57,65H,4-7,9,14-15,20-29,31-34,52H2,(H,58,72)(H,60,73)(H,61,74)(H,66,67)(H,68,69)(H,70,71)(H4,53,54,59)/t41-,42-,43?,47?/m1/s1. The first-order valence-corrected chi connectivity index (χ1v) is 25.0. The van der Waals surface area contributed by atoms with Crippen molar-refractivity contribution >= 4 is 47.9 Å². The zero-order valence-electron chi connectivity index (χ0n) is 42.4. The van der Waals surface area contributed by atoms with Crippen LogP contribution in [-0.2, 0) is 40.1 Å². The third-order valence-corrected chi connectivity index (χ3v) is 11.6. The van der Waals surface area contributed by atoms with Gasteiger partial charge in [0.25, 0.3) is 0 Å². The van der Waals surface area contributed by atoms with E-state index >= 15 is 0 Å². The molecule has 0 heterocycles. The third kappa shape index (κ3) is 27.1. The molecule has 0 radical (unpaired) electrons. The average Bonchev–Trinajstić information content (AvgIpc) is 3.37. The maximum absolute atomic E-state index is 14.2. The normalized spacial score (nSPS) is 12.7. The van der Waals surface area contributed by atoms with E-state index in [-0.39, 0.29) is 96.0 Å². The van der Waals surface area contributed by atoms with E-state index in [2.05, 4.69) is 36.9 Å². The Balaban J connectivity index is 1.41. The van der Waals surface area contributed by atoms with Crippen molar-refractivity contribution < 1.29 is 58.7 Å². The lowest BCUT2D eigenvalue weighted by molar-refractivity contribution is -0.140. The number of phenolic OH excluding ortho intramolecular Hbond substituents is 1. The molecule has 0 aromatic heterocycles. The summed E-state index contributed by atoms with van der Waals surface area (Å²) >= 11 is 0. The number of carbonyl (C=O) groups is 7. The largest absolute Gasteiger partial charge is 0.508 e. The van der Waals surface area contributed by atoms with Crippen LogP contribution in [0.3, 0.4) is 0 Å². The number of nitrogens with one attached hydrogen (secondary N) is 6. The predicted molar refractivity (Wildman–Crippen MR) is 281 cm³/mol. The van der Waals surface area contributed by atoms with E-state index in [1.165, 1.54) is 12.1 Å². The lowest BCUT2D eigenvalue weighted by Gasteiger charge is -2.26. The molecule has 24 nitrogen and oxygen atoms in total. The second kappa shape index (κ2) is 35.8. The fraction of sp³-hybridized carbons (Fsp3) is 0.490. The molecule has 2 unspecified atom stereocenters. The summed E-state index contributed by atoms with van der Waals surface area (Å²) in [7, 11) is 0. The van der Waals surface area contributed by atoms with E-state index in [1.54, 1.807) is 40.1 Å². The van der Waals surface area contributed by atoms with Crippen LogP contribution in [0.4, 0.5) is 0 Å². The molecule has 16 N–H and O–H groups in total. The number of aliphatic carboxylic acids is 3. The molecule has 0 spiro atoms. The second-order valence-electron chi connectivity index (χ2n) is 17.7. The highest BCUT2D eigenvalue weighted by molar-refractivity contribution is 5.92. The molecule has 0 saturated carbocycles. The molecule has 3 aromatic rings. The fourth-order valence-corrected chi connectivity index (χ4v) is 7.70. The zero-order valence-corrected chi connectivity index (χ0v) is 42.4. The van der Waals surface area contributed by atoms with Crippen LogP contribution in [0.25, 0.3) is 0 Å². The number of carboxylic acids is 3. The molecule has 0 aliphatic carbocycles. The Morgan fingerprint density at radius 1 is 0.667 bits per heavy atom. The number of nitrogens with two attached hydrogens (primary N) is 3. The van der Waals surface area contributed by atoms with Crippen molar-refractivity contribution in [2.75, 3.05) is 85.1 Å². The number of phenols is 1. The summed E-state index contributed by atoms with van der Waals surface area (Å²) in [5.41, 5.74) is 19.3. The number of hydrogen-bond donors (Lipinski definition) is 13. The smallest absolute Gasteiger partial charge is 0.317 e. The first-order chi connectivity index (χ1) is 36.0. The summed E-state index contributed by atoms with van der Waals surface area (Å²) in [6.07, 6.45) is 3.53. The van der Waals surface area contributed by atoms with Gasteiger partial charge >= 0.3 is 17.9 Å². The maximum Gasteiger partial charge on any atom is 0.317 e. The van der Waals surface area contributed by atoms with Crippen molar-refractivity contribution in [1.82, 2.24) is 41.7 Å². The van der Waals surface area contributed by atoms with Crippen molar-refractivity contribution in [2.24, 2.45) is 22.2 Å². The van der Waals surface area contributed by atoms with Crippen molar-refractivity contribution in [3.05, 3.63) is 95.6 Å². The van der Waals surface area contributed by atoms with Crippen LogP contribution in [0.1, 0.15) is 67.6 Å². The van der Waals surface area contributed by atoms with Gasteiger partial charge in [-0.15, -0.1) is 0 Å².